The summed E-state index contributed by atoms with van der Waals surface area (Å²) in [5, 5.41) is 11.8. The molecule has 0 saturated carbocycles. The van der Waals surface area contributed by atoms with E-state index >= 15 is 0 Å². The maximum atomic E-state index is 12.1. The fourth-order valence-electron chi connectivity index (χ4n) is 2.81. The molecule has 4 atom stereocenters. The average molecular weight is 252 g/mol. The van der Waals surface area contributed by atoms with Crippen molar-refractivity contribution in [2.24, 2.45) is 11.8 Å². The summed E-state index contributed by atoms with van der Waals surface area (Å²) in [6.07, 6.45) is 4.93. The van der Waals surface area contributed by atoms with Gasteiger partial charge < -0.3 is 15.3 Å². The lowest BCUT2D eigenvalue weighted by Gasteiger charge is -2.24. The van der Waals surface area contributed by atoms with Gasteiger partial charge in [-0.25, -0.2) is 4.79 Å². The van der Waals surface area contributed by atoms with E-state index in [0.29, 0.717) is 12.3 Å². The average Bonchev–Trinajstić information content (AvgIpc) is 2.85. The Balaban J connectivity index is 1.86. The number of likely N-dealkylation sites (tertiary alicyclic amines) is 1. The first-order valence-corrected chi connectivity index (χ1v) is 6.45. The van der Waals surface area contributed by atoms with Crippen molar-refractivity contribution in [2.45, 2.75) is 38.8 Å². The number of nitrogens with zero attached hydrogens (tertiary/aromatic N) is 1. The van der Waals surface area contributed by atoms with E-state index in [0.717, 1.165) is 13.0 Å². The highest BCUT2D eigenvalue weighted by Crippen LogP contribution is 2.23. The number of carbonyl (C=O) groups is 2. The van der Waals surface area contributed by atoms with Crippen LogP contribution in [0.5, 0.6) is 0 Å². The second kappa shape index (κ2) is 5.00. The Labute approximate surface area is 107 Å². The smallest absolute Gasteiger partial charge is 0.318 e. The first kappa shape index (κ1) is 12.9. The van der Waals surface area contributed by atoms with Gasteiger partial charge in [0, 0.05) is 12.6 Å². The molecule has 100 valence electrons. The maximum absolute atomic E-state index is 12.1. The van der Waals surface area contributed by atoms with E-state index in [4.69, 9.17) is 5.11 Å². The van der Waals surface area contributed by atoms with Crippen molar-refractivity contribution >= 4 is 12.0 Å². The number of hydrogen-bond acceptors (Lipinski definition) is 2. The highest BCUT2D eigenvalue weighted by atomic mass is 16.4. The Kier molecular flexibility index (Phi) is 3.59. The van der Waals surface area contributed by atoms with Gasteiger partial charge in [-0.05, 0) is 25.7 Å². The minimum absolute atomic E-state index is 0.0764. The van der Waals surface area contributed by atoms with Crippen molar-refractivity contribution in [3.8, 4) is 0 Å². The van der Waals surface area contributed by atoms with Gasteiger partial charge in [0.15, 0.2) is 0 Å². The van der Waals surface area contributed by atoms with Gasteiger partial charge in [-0.3, -0.25) is 4.79 Å². The molecule has 1 aliphatic carbocycles. The predicted octanol–water partition coefficient (Wildman–Crippen LogP) is 1.46. The lowest BCUT2D eigenvalue weighted by Crippen LogP contribution is -2.45. The number of carboxylic acids is 1. The first-order valence-electron chi connectivity index (χ1n) is 6.45. The zero-order valence-corrected chi connectivity index (χ0v) is 10.8. The highest BCUT2D eigenvalue weighted by Gasteiger charge is 2.32. The van der Waals surface area contributed by atoms with Crippen LogP contribution in [0.15, 0.2) is 12.2 Å². The molecule has 2 amide bonds. The molecule has 2 N–H and O–H groups in total. The van der Waals surface area contributed by atoms with Crippen molar-refractivity contribution in [1.29, 1.82) is 0 Å². The Bertz CT molecular complexity index is 380. The van der Waals surface area contributed by atoms with E-state index in [-0.39, 0.29) is 18.1 Å². The zero-order chi connectivity index (χ0) is 13.3. The summed E-state index contributed by atoms with van der Waals surface area (Å²) in [6.45, 7) is 4.97. The molecular formula is C13H20N2O3. The molecule has 18 heavy (non-hydrogen) atoms. The summed E-state index contributed by atoms with van der Waals surface area (Å²) in [6, 6.07) is 0.0369. The van der Waals surface area contributed by atoms with Crippen LogP contribution < -0.4 is 5.32 Å². The van der Waals surface area contributed by atoms with Crippen LogP contribution in [0.3, 0.4) is 0 Å². The number of carbonyl (C=O) groups excluding carboxylic acids is 1. The number of nitrogens with one attached hydrogen (secondary N) is 1. The van der Waals surface area contributed by atoms with Crippen LogP contribution in [0.25, 0.3) is 0 Å². The van der Waals surface area contributed by atoms with E-state index in [9.17, 15) is 9.59 Å². The van der Waals surface area contributed by atoms with Gasteiger partial charge in [-0.2, -0.15) is 0 Å². The van der Waals surface area contributed by atoms with E-state index < -0.39 is 11.9 Å². The molecular weight excluding hydrogens is 232 g/mol. The molecule has 0 aromatic heterocycles. The number of amides is 2. The summed E-state index contributed by atoms with van der Waals surface area (Å²) in [7, 11) is 0. The van der Waals surface area contributed by atoms with Crippen molar-refractivity contribution in [2.75, 3.05) is 6.54 Å². The van der Waals surface area contributed by atoms with E-state index in [2.05, 4.69) is 12.2 Å². The van der Waals surface area contributed by atoms with Crippen molar-refractivity contribution < 1.29 is 14.7 Å². The third-order valence-corrected chi connectivity index (χ3v) is 3.75. The minimum Gasteiger partial charge on any atom is -0.481 e. The standard InChI is InChI=1S/C13H20N2O3/c1-8-5-9(2)15(7-8)13(18)14-11-4-3-10(6-11)12(16)17/h3-4,8-11H,5-7H2,1-2H3,(H,14,18)(H,16,17). The zero-order valence-electron chi connectivity index (χ0n) is 10.8. The summed E-state index contributed by atoms with van der Waals surface area (Å²) >= 11 is 0. The SMILES string of the molecule is CC1CC(C)N(C(=O)NC2C=CC(C(=O)O)C2)C1. The molecule has 0 aromatic carbocycles. The maximum Gasteiger partial charge on any atom is 0.318 e. The molecule has 2 aliphatic rings. The van der Waals surface area contributed by atoms with E-state index in [1.165, 1.54) is 0 Å². The second-order valence-electron chi connectivity index (χ2n) is 5.46. The third kappa shape index (κ3) is 2.66. The van der Waals surface area contributed by atoms with Crippen LogP contribution in [0.4, 0.5) is 4.79 Å². The number of urea groups is 1. The van der Waals surface area contributed by atoms with Crippen LogP contribution >= 0.6 is 0 Å². The van der Waals surface area contributed by atoms with Gasteiger partial charge in [0.2, 0.25) is 0 Å². The van der Waals surface area contributed by atoms with Gasteiger partial charge in [-0.1, -0.05) is 19.1 Å². The number of rotatable bonds is 2. The van der Waals surface area contributed by atoms with Crippen LogP contribution in [0.1, 0.15) is 26.7 Å². The lowest BCUT2D eigenvalue weighted by molar-refractivity contribution is -0.140. The molecule has 5 heteroatoms. The van der Waals surface area contributed by atoms with Crippen molar-refractivity contribution in [3.05, 3.63) is 12.2 Å². The molecule has 1 heterocycles. The fraction of sp³-hybridized carbons (Fsp3) is 0.692. The lowest BCUT2D eigenvalue weighted by atomic mass is 10.1. The van der Waals surface area contributed by atoms with Crippen LogP contribution in [0, 0.1) is 11.8 Å². The van der Waals surface area contributed by atoms with Gasteiger partial charge in [0.25, 0.3) is 0 Å². The Morgan fingerprint density at radius 1 is 1.28 bits per heavy atom. The number of aliphatic carboxylic acids is 1. The van der Waals surface area contributed by atoms with Gasteiger partial charge in [0.1, 0.15) is 0 Å². The monoisotopic (exact) mass is 252 g/mol. The highest BCUT2D eigenvalue weighted by molar-refractivity contribution is 5.77. The molecule has 0 aromatic rings. The molecule has 1 fully saturated rings. The largest absolute Gasteiger partial charge is 0.481 e. The molecule has 1 aliphatic heterocycles. The van der Waals surface area contributed by atoms with Crippen LogP contribution in [-0.2, 0) is 4.79 Å². The molecule has 1 saturated heterocycles. The molecule has 2 rings (SSSR count). The second-order valence-corrected chi connectivity index (χ2v) is 5.46. The molecule has 4 unspecified atom stereocenters. The predicted molar refractivity (Wildman–Crippen MR) is 67.2 cm³/mol. The molecule has 0 bridgehead atoms. The number of hydrogen-bond donors (Lipinski definition) is 2. The summed E-state index contributed by atoms with van der Waals surface area (Å²) in [4.78, 5) is 24.7. The van der Waals surface area contributed by atoms with Gasteiger partial charge in [0.05, 0.1) is 12.0 Å². The van der Waals surface area contributed by atoms with E-state index in [1.54, 1.807) is 12.2 Å². The van der Waals surface area contributed by atoms with Crippen LogP contribution in [-0.4, -0.2) is 40.6 Å². The normalized spacial score (nSPS) is 34.9. The summed E-state index contributed by atoms with van der Waals surface area (Å²) in [5.74, 6) is -0.756. The Morgan fingerprint density at radius 2 is 2.00 bits per heavy atom. The van der Waals surface area contributed by atoms with E-state index in [1.807, 2.05) is 11.8 Å². The first-order chi connectivity index (χ1) is 8.47. The Morgan fingerprint density at radius 3 is 2.50 bits per heavy atom. The molecule has 0 spiro atoms. The summed E-state index contributed by atoms with van der Waals surface area (Å²) in [5.41, 5.74) is 0. The molecule has 5 nitrogen and oxygen atoms in total. The number of carboxylic acid groups (broad SMARTS) is 1. The fourth-order valence-corrected chi connectivity index (χ4v) is 2.81. The summed E-state index contributed by atoms with van der Waals surface area (Å²) < 4.78 is 0. The molecule has 0 radical (unpaired) electrons. The quantitative estimate of drug-likeness (QED) is 0.731. The third-order valence-electron chi connectivity index (χ3n) is 3.75. The van der Waals surface area contributed by atoms with Crippen LogP contribution in [0.2, 0.25) is 0 Å². The van der Waals surface area contributed by atoms with Gasteiger partial charge >= 0.3 is 12.0 Å². The Hall–Kier alpha value is -1.52. The van der Waals surface area contributed by atoms with Crippen molar-refractivity contribution in [1.82, 2.24) is 10.2 Å². The topological polar surface area (TPSA) is 69.6 Å². The van der Waals surface area contributed by atoms with Gasteiger partial charge in [-0.15, -0.1) is 0 Å². The van der Waals surface area contributed by atoms with Crippen molar-refractivity contribution in [3.63, 3.8) is 0 Å². The minimum atomic E-state index is -0.828.